The Morgan fingerprint density at radius 2 is 1.93 bits per heavy atom. The van der Waals surface area contributed by atoms with Gasteiger partial charge in [0.15, 0.2) is 0 Å². The van der Waals surface area contributed by atoms with E-state index in [1.54, 1.807) is 41.8 Å². The van der Waals surface area contributed by atoms with Gasteiger partial charge >= 0.3 is 5.97 Å². The molecule has 0 atom stereocenters. The molecule has 1 aliphatic rings. The van der Waals surface area contributed by atoms with E-state index in [-0.39, 0.29) is 30.6 Å². The van der Waals surface area contributed by atoms with Gasteiger partial charge in [0.2, 0.25) is 0 Å². The lowest BCUT2D eigenvalue weighted by Gasteiger charge is -2.15. The Bertz CT molecular complexity index is 1120. The first-order chi connectivity index (χ1) is 13.5. The van der Waals surface area contributed by atoms with Crippen LogP contribution in [0.4, 0.5) is 10.1 Å². The molecule has 4 rings (SSSR count). The van der Waals surface area contributed by atoms with E-state index < -0.39 is 5.82 Å². The number of anilines is 1. The minimum absolute atomic E-state index is 0.0510. The topological polar surface area (TPSA) is 74.3 Å². The summed E-state index contributed by atoms with van der Waals surface area (Å²) in [7, 11) is 0. The Hall–Kier alpha value is -3.15. The van der Waals surface area contributed by atoms with Crippen molar-refractivity contribution in [2.45, 2.75) is 38.8 Å². The quantitative estimate of drug-likeness (QED) is 0.532. The molecule has 3 aromatic rings. The van der Waals surface area contributed by atoms with Crippen LogP contribution in [0.15, 0.2) is 47.3 Å². The summed E-state index contributed by atoms with van der Waals surface area (Å²) in [6, 6.07) is 11.7. The van der Waals surface area contributed by atoms with Gasteiger partial charge in [-0.15, -0.1) is 0 Å². The number of esters is 1. The summed E-state index contributed by atoms with van der Waals surface area (Å²) < 4.78 is 21.9. The third-order valence-electron chi connectivity index (χ3n) is 5.04. The summed E-state index contributed by atoms with van der Waals surface area (Å²) in [6.45, 7) is 1.65. The first-order valence-electron chi connectivity index (χ1n) is 9.37. The highest BCUT2D eigenvalue weighted by atomic mass is 19.1. The summed E-state index contributed by atoms with van der Waals surface area (Å²) >= 11 is 0. The van der Waals surface area contributed by atoms with Crippen molar-refractivity contribution in [1.82, 2.24) is 4.57 Å². The number of fused-ring (bicyclic) bond motifs is 1. The second-order valence-corrected chi connectivity index (χ2v) is 7.09. The third-order valence-corrected chi connectivity index (χ3v) is 5.04. The van der Waals surface area contributed by atoms with Crippen LogP contribution >= 0.6 is 0 Å². The molecule has 0 amide bonds. The van der Waals surface area contributed by atoms with E-state index in [1.807, 2.05) is 0 Å². The molecule has 1 aromatic heterocycles. The highest BCUT2D eigenvalue weighted by molar-refractivity contribution is 5.88. The Labute approximate surface area is 161 Å². The van der Waals surface area contributed by atoms with Gasteiger partial charge in [-0.25, -0.2) is 4.39 Å². The molecule has 0 bridgehead atoms. The van der Waals surface area contributed by atoms with Gasteiger partial charge in [-0.05, 0) is 42.7 Å². The molecule has 0 radical (unpaired) electrons. The minimum Gasteiger partial charge on any atom is -0.461 e. The van der Waals surface area contributed by atoms with E-state index in [1.165, 1.54) is 12.1 Å². The molecule has 0 spiro atoms. The number of carbonyl (C=O) groups excluding carboxylic acids is 1. The number of nitrogens with zero attached hydrogens (tertiary/aromatic N) is 1. The zero-order valence-corrected chi connectivity index (χ0v) is 15.6. The van der Waals surface area contributed by atoms with Crippen LogP contribution in [-0.4, -0.2) is 10.5 Å². The van der Waals surface area contributed by atoms with Crippen LogP contribution in [-0.2, 0) is 16.1 Å². The van der Waals surface area contributed by atoms with Gasteiger partial charge in [0.1, 0.15) is 12.4 Å². The Balaban J connectivity index is 1.90. The molecular weight excluding hydrogens is 359 g/mol. The maximum absolute atomic E-state index is 15.0. The number of benzene rings is 2. The number of ether oxygens (including phenoxy) is 1. The second kappa shape index (κ2) is 7.11. The molecule has 144 valence electrons. The first-order valence-corrected chi connectivity index (χ1v) is 9.37. The predicted molar refractivity (Wildman–Crippen MR) is 106 cm³/mol. The lowest BCUT2D eigenvalue weighted by molar-refractivity contribution is -0.144. The van der Waals surface area contributed by atoms with Crippen LogP contribution in [0.3, 0.4) is 0 Å². The molecule has 2 aromatic carbocycles. The highest BCUT2D eigenvalue weighted by Gasteiger charge is 2.27. The van der Waals surface area contributed by atoms with Crippen molar-refractivity contribution >= 4 is 22.6 Å². The molecule has 1 fully saturated rings. The molecule has 0 unspecified atom stereocenters. The predicted octanol–water partition coefficient (Wildman–Crippen LogP) is 4.18. The van der Waals surface area contributed by atoms with Crippen LogP contribution < -0.4 is 11.3 Å². The molecule has 2 N–H and O–H groups in total. The summed E-state index contributed by atoms with van der Waals surface area (Å²) in [5.74, 6) is -0.764. The van der Waals surface area contributed by atoms with Gasteiger partial charge in [-0.3, -0.25) is 9.59 Å². The number of carbonyl (C=O) groups is 1. The average Bonchev–Trinajstić information content (AvgIpc) is 3.51. The summed E-state index contributed by atoms with van der Waals surface area (Å²) in [5, 5.41) is 0.590. The molecular formula is C22H21FN2O3. The van der Waals surface area contributed by atoms with Crippen molar-refractivity contribution in [2.75, 3.05) is 5.73 Å². The van der Waals surface area contributed by atoms with E-state index in [0.717, 1.165) is 12.8 Å². The van der Waals surface area contributed by atoms with E-state index >= 15 is 0 Å². The first kappa shape index (κ1) is 18.2. The lowest BCUT2D eigenvalue weighted by atomic mass is 10.00. The van der Waals surface area contributed by atoms with Gasteiger partial charge < -0.3 is 15.0 Å². The van der Waals surface area contributed by atoms with Crippen LogP contribution in [0.1, 0.15) is 37.8 Å². The van der Waals surface area contributed by atoms with E-state index in [2.05, 4.69) is 0 Å². The number of hydrogen-bond acceptors (Lipinski definition) is 4. The third kappa shape index (κ3) is 3.38. The molecule has 5 nitrogen and oxygen atoms in total. The van der Waals surface area contributed by atoms with Gasteiger partial charge in [0.25, 0.3) is 5.56 Å². The summed E-state index contributed by atoms with van der Waals surface area (Å²) in [4.78, 5) is 24.3. The number of rotatable bonds is 5. The van der Waals surface area contributed by atoms with E-state index in [9.17, 15) is 14.0 Å². The maximum atomic E-state index is 15.0. The number of hydrogen-bond donors (Lipinski definition) is 1. The van der Waals surface area contributed by atoms with Crippen molar-refractivity contribution in [3.8, 4) is 11.1 Å². The summed E-state index contributed by atoms with van der Waals surface area (Å²) in [6.07, 6.45) is 2.09. The normalized spacial score (nSPS) is 13.6. The smallest absolute Gasteiger partial charge is 0.305 e. The fourth-order valence-corrected chi connectivity index (χ4v) is 3.41. The average molecular weight is 380 g/mol. The maximum Gasteiger partial charge on any atom is 0.305 e. The Kier molecular flexibility index (Phi) is 4.63. The van der Waals surface area contributed by atoms with Crippen LogP contribution in [0.5, 0.6) is 0 Å². The van der Waals surface area contributed by atoms with Crippen molar-refractivity contribution in [3.63, 3.8) is 0 Å². The Morgan fingerprint density at radius 3 is 2.57 bits per heavy atom. The fraction of sp³-hybridized carbons (Fsp3) is 0.273. The lowest BCUT2D eigenvalue weighted by Crippen LogP contribution is -2.20. The molecule has 28 heavy (non-hydrogen) atoms. The molecule has 0 aliphatic heterocycles. The zero-order chi connectivity index (χ0) is 19.8. The fourth-order valence-electron chi connectivity index (χ4n) is 3.41. The molecule has 1 heterocycles. The van der Waals surface area contributed by atoms with Gasteiger partial charge in [-0.2, -0.15) is 0 Å². The van der Waals surface area contributed by atoms with Crippen LogP contribution in [0, 0.1) is 5.82 Å². The SMILES string of the molecule is CCC(=O)OCc1cc(=O)n(C2CC2)c2cc(-c3ccc(N)cc3)c(F)cc12. The standard InChI is InChI=1S/C22H21FN2O3/c1-2-22(27)28-12-14-9-21(26)25(16-7-8-16)20-11-17(19(23)10-18(14)20)13-3-5-15(24)6-4-13/h3-6,9-11,16H,2,7-8,12,24H2,1H3. The number of pyridine rings is 1. The van der Waals surface area contributed by atoms with Crippen LogP contribution in [0.2, 0.25) is 0 Å². The minimum atomic E-state index is -0.402. The van der Waals surface area contributed by atoms with Gasteiger partial charge in [0, 0.05) is 40.7 Å². The Morgan fingerprint density at radius 1 is 1.21 bits per heavy atom. The number of nitrogens with two attached hydrogens (primary N) is 1. The monoisotopic (exact) mass is 380 g/mol. The number of aromatic nitrogens is 1. The molecule has 0 saturated heterocycles. The molecule has 1 aliphatic carbocycles. The van der Waals surface area contributed by atoms with Crippen molar-refractivity contribution in [2.24, 2.45) is 0 Å². The molecule has 6 heteroatoms. The van der Waals surface area contributed by atoms with Crippen molar-refractivity contribution in [3.05, 3.63) is 64.2 Å². The largest absolute Gasteiger partial charge is 0.461 e. The van der Waals surface area contributed by atoms with Crippen molar-refractivity contribution < 1.29 is 13.9 Å². The van der Waals surface area contributed by atoms with Crippen molar-refractivity contribution in [1.29, 1.82) is 0 Å². The highest BCUT2D eigenvalue weighted by Crippen LogP contribution is 2.38. The van der Waals surface area contributed by atoms with E-state index in [0.29, 0.717) is 33.3 Å². The van der Waals surface area contributed by atoms with Crippen LogP contribution in [0.25, 0.3) is 22.0 Å². The zero-order valence-electron chi connectivity index (χ0n) is 15.6. The second-order valence-electron chi connectivity index (χ2n) is 7.09. The number of nitrogen functional groups attached to an aromatic ring is 1. The summed E-state index contributed by atoms with van der Waals surface area (Å²) in [5.41, 5.74) is 8.44. The van der Waals surface area contributed by atoms with Gasteiger partial charge in [0.05, 0.1) is 5.52 Å². The van der Waals surface area contributed by atoms with E-state index in [4.69, 9.17) is 10.5 Å². The molecule has 1 saturated carbocycles. The van der Waals surface area contributed by atoms with Gasteiger partial charge in [-0.1, -0.05) is 19.1 Å². The number of halogens is 1.